The van der Waals surface area contributed by atoms with E-state index < -0.39 is 0 Å². The molecule has 0 aliphatic rings. The zero-order valence-electron chi connectivity index (χ0n) is 12.9. The molecule has 104 valence electrons. The highest BCUT2D eigenvalue weighted by molar-refractivity contribution is 4.90. The molecular formula is C15H34N2. The summed E-state index contributed by atoms with van der Waals surface area (Å²) in [7, 11) is 0. The first-order valence-corrected chi connectivity index (χ1v) is 7.41. The lowest BCUT2D eigenvalue weighted by atomic mass is 9.89. The largest absolute Gasteiger partial charge is 0.329 e. The quantitative estimate of drug-likeness (QED) is 0.669. The van der Waals surface area contributed by atoms with Gasteiger partial charge in [-0.25, -0.2) is 0 Å². The predicted molar refractivity (Wildman–Crippen MR) is 78.3 cm³/mol. The molecule has 0 amide bonds. The van der Waals surface area contributed by atoms with Gasteiger partial charge in [0, 0.05) is 24.7 Å². The summed E-state index contributed by atoms with van der Waals surface area (Å²) < 4.78 is 0. The van der Waals surface area contributed by atoms with E-state index in [-0.39, 0.29) is 5.54 Å². The Labute approximate surface area is 109 Å². The van der Waals surface area contributed by atoms with Crippen LogP contribution in [0.5, 0.6) is 0 Å². The van der Waals surface area contributed by atoms with Crippen LogP contribution in [-0.2, 0) is 0 Å². The van der Waals surface area contributed by atoms with Crippen LogP contribution in [0.1, 0.15) is 67.2 Å². The Hall–Kier alpha value is -0.0800. The normalized spacial score (nSPS) is 15.9. The molecule has 0 aromatic carbocycles. The fourth-order valence-corrected chi connectivity index (χ4v) is 2.83. The van der Waals surface area contributed by atoms with E-state index in [1.807, 2.05) is 0 Å². The second-order valence-corrected chi connectivity index (χ2v) is 5.97. The van der Waals surface area contributed by atoms with Crippen LogP contribution >= 0.6 is 0 Å². The van der Waals surface area contributed by atoms with Crippen LogP contribution in [0.4, 0.5) is 0 Å². The maximum Gasteiger partial charge on any atom is 0.0306 e. The molecular weight excluding hydrogens is 208 g/mol. The average Bonchev–Trinajstić information content (AvgIpc) is 2.29. The van der Waals surface area contributed by atoms with Crippen molar-refractivity contribution >= 4 is 0 Å². The monoisotopic (exact) mass is 242 g/mol. The Morgan fingerprint density at radius 3 is 1.94 bits per heavy atom. The standard InChI is InChI=1S/C15H34N2/c1-7-10-15(6,12-16)17(11-13(4)5)14(8-2)9-3/h13-14H,7-12,16H2,1-6H3. The molecule has 0 saturated carbocycles. The van der Waals surface area contributed by atoms with Crippen LogP contribution in [0, 0.1) is 5.92 Å². The molecule has 0 aliphatic heterocycles. The molecule has 1 atom stereocenters. The summed E-state index contributed by atoms with van der Waals surface area (Å²) in [6, 6.07) is 0.678. The first-order chi connectivity index (χ1) is 7.95. The lowest BCUT2D eigenvalue weighted by Crippen LogP contribution is -2.56. The first kappa shape index (κ1) is 16.9. The first-order valence-electron chi connectivity index (χ1n) is 7.41. The smallest absolute Gasteiger partial charge is 0.0306 e. The third-order valence-electron chi connectivity index (χ3n) is 3.87. The fourth-order valence-electron chi connectivity index (χ4n) is 2.83. The van der Waals surface area contributed by atoms with Gasteiger partial charge in [0.2, 0.25) is 0 Å². The second kappa shape index (κ2) is 8.10. The predicted octanol–water partition coefficient (Wildman–Crippen LogP) is 3.65. The van der Waals surface area contributed by atoms with Gasteiger partial charge in [0.25, 0.3) is 0 Å². The van der Waals surface area contributed by atoms with Gasteiger partial charge in [0.05, 0.1) is 0 Å². The van der Waals surface area contributed by atoms with E-state index in [1.54, 1.807) is 0 Å². The molecule has 0 saturated heterocycles. The van der Waals surface area contributed by atoms with Crippen molar-refractivity contribution in [3.05, 3.63) is 0 Å². The Balaban J connectivity index is 4.97. The van der Waals surface area contributed by atoms with Crippen LogP contribution in [0.15, 0.2) is 0 Å². The van der Waals surface area contributed by atoms with Gasteiger partial charge in [-0.05, 0) is 32.1 Å². The summed E-state index contributed by atoms with van der Waals surface area (Å²) in [6.45, 7) is 15.7. The van der Waals surface area contributed by atoms with Gasteiger partial charge in [0.15, 0.2) is 0 Å². The molecule has 0 rings (SSSR count). The van der Waals surface area contributed by atoms with E-state index in [0.29, 0.717) is 12.0 Å². The van der Waals surface area contributed by atoms with Crippen molar-refractivity contribution in [2.24, 2.45) is 11.7 Å². The van der Waals surface area contributed by atoms with Crippen LogP contribution < -0.4 is 5.73 Å². The number of nitrogens with two attached hydrogens (primary N) is 1. The third-order valence-corrected chi connectivity index (χ3v) is 3.87. The molecule has 0 spiro atoms. The molecule has 17 heavy (non-hydrogen) atoms. The number of hydrogen-bond acceptors (Lipinski definition) is 2. The van der Waals surface area contributed by atoms with Gasteiger partial charge in [0.1, 0.15) is 0 Å². The van der Waals surface area contributed by atoms with Crippen LogP contribution in [-0.4, -0.2) is 29.6 Å². The van der Waals surface area contributed by atoms with Gasteiger partial charge in [-0.15, -0.1) is 0 Å². The van der Waals surface area contributed by atoms with Gasteiger partial charge < -0.3 is 5.73 Å². The Bertz CT molecular complexity index is 187. The van der Waals surface area contributed by atoms with Crippen LogP contribution in [0.2, 0.25) is 0 Å². The summed E-state index contributed by atoms with van der Waals surface area (Å²) >= 11 is 0. The summed E-state index contributed by atoms with van der Waals surface area (Å²) in [5.41, 5.74) is 6.25. The van der Waals surface area contributed by atoms with E-state index in [1.165, 1.54) is 32.2 Å². The minimum atomic E-state index is 0.176. The van der Waals surface area contributed by atoms with Gasteiger partial charge in [-0.1, -0.05) is 41.0 Å². The lowest BCUT2D eigenvalue weighted by Gasteiger charge is -2.46. The summed E-state index contributed by atoms with van der Waals surface area (Å²) in [5.74, 6) is 0.707. The number of rotatable bonds is 9. The van der Waals surface area contributed by atoms with Gasteiger partial charge in [-0.3, -0.25) is 4.90 Å². The zero-order chi connectivity index (χ0) is 13.5. The van der Waals surface area contributed by atoms with Crippen molar-refractivity contribution < 1.29 is 0 Å². The van der Waals surface area contributed by atoms with Crippen molar-refractivity contribution in [1.29, 1.82) is 0 Å². The lowest BCUT2D eigenvalue weighted by molar-refractivity contribution is 0.0374. The van der Waals surface area contributed by atoms with Crippen molar-refractivity contribution in [2.45, 2.75) is 78.8 Å². The average molecular weight is 242 g/mol. The summed E-state index contributed by atoms with van der Waals surface area (Å²) in [6.07, 6.45) is 4.86. The molecule has 2 nitrogen and oxygen atoms in total. The zero-order valence-corrected chi connectivity index (χ0v) is 12.9. The van der Waals surface area contributed by atoms with Crippen molar-refractivity contribution in [1.82, 2.24) is 4.90 Å². The summed E-state index contributed by atoms with van der Waals surface area (Å²) in [5, 5.41) is 0. The highest BCUT2D eigenvalue weighted by atomic mass is 15.2. The van der Waals surface area contributed by atoms with E-state index in [0.717, 1.165) is 6.54 Å². The molecule has 1 unspecified atom stereocenters. The molecule has 0 radical (unpaired) electrons. The fraction of sp³-hybridized carbons (Fsp3) is 1.00. The van der Waals surface area contributed by atoms with E-state index in [2.05, 4.69) is 46.4 Å². The highest BCUT2D eigenvalue weighted by Gasteiger charge is 2.33. The molecule has 0 bridgehead atoms. The van der Waals surface area contributed by atoms with Crippen molar-refractivity contribution in [2.75, 3.05) is 13.1 Å². The number of hydrogen-bond donors (Lipinski definition) is 1. The van der Waals surface area contributed by atoms with Crippen LogP contribution in [0.3, 0.4) is 0 Å². The third kappa shape index (κ3) is 4.97. The Morgan fingerprint density at radius 2 is 1.65 bits per heavy atom. The van der Waals surface area contributed by atoms with E-state index in [9.17, 15) is 0 Å². The topological polar surface area (TPSA) is 29.3 Å². The van der Waals surface area contributed by atoms with Crippen molar-refractivity contribution in [3.63, 3.8) is 0 Å². The molecule has 2 heteroatoms. The molecule has 0 aliphatic carbocycles. The van der Waals surface area contributed by atoms with E-state index >= 15 is 0 Å². The maximum atomic E-state index is 6.08. The minimum Gasteiger partial charge on any atom is -0.329 e. The maximum absolute atomic E-state index is 6.08. The van der Waals surface area contributed by atoms with Gasteiger partial charge in [-0.2, -0.15) is 0 Å². The number of nitrogens with zero attached hydrogens (tertiary/aromatic N) is 1. The summed E-state index contributed by atoms with van der Waals surface area (Å²) in [4.78, 5) is 2.68. The molecule has 2 N–H and O–H groups in total. The SMILES string of the molecule is CCCC(C)(CN)N(CC(C)C)C(CC)CC. The van der Waals surface area contributed by atoms with E-state index in [4.69, 9.17) is 5.73 Å². The van der Waals surface area contributed by atoms with Crippen LogP contribution in [0.25, 0.3) is 0 Å². The molecule has 0 aromatic heterocycles. The molecule has 0 fully saturated rings. The van der Waals surface area contributed by atoms with Crippen molar-refractivity contribution in [3.8, 4) is 0 Å². The molecule has 0 aromatic rings. The minimum absolute atomic E-state index is 0.176. The molecule has 0 heterocycles. The highest BCUT2D eigenvalue weighted by Crippen LogP contribution is 2.26. The van der Waals surface area contributed by atoms with Gasteiger partial charge >= 0.3 is 0 Å². The second-order valence-electron chi connectivity index (χ2n) is 5.97. The Kier molecular flexibility index (Phi) is 8.06. The Morgan fingerprint density at radius 1 is 1.12 bits per heavy atom.